The van der Waals surface area contributed by atoms with Crippen molar-refractivity contribution in [1.29, 1.82) is 0 Å². The first-order valence-electron chi connectivity index (χ1n) is 13.2. The number of nitrogens with one attached hydrogen (secondary N) is 1. The number of amides is 2. The van der Waals surface area contributed by atoms with Crippen molar-refractivity contribution < 1.29 is 42.5 Å². The number of nitrogens with zero attached hydrogens (tertiary/aromatic N) is 4. The minimum atomic E-state index is -0.988. The van der Waals surface area contributed by atoms with E-state index in [1.165, 1.54) is 30.2 Å². The zero-order valence-electron chi connectivity index (χ0n) is 23.6. The number of carbonyl (C=O) groups excluding carboxylic acids is 4. The average Bonchev–Trinajstić information content (AvgIpc) is 3.60. The van der Waals surface area contributed by atoms with Gasteiger partial charge < -0.3 is 24.0 Å². The summed E-state index contributed by atoms with van der Waals surface area (Å²) in [6.45, 7) is 0.276. The molecule has 4 heterocycles. The number of esters is 1. The number of oxazole rings is 1. The van der Waals surface area contributed by atoms with Crippen LogP contribution in [0.1, 0.15) is 5.56 Å². The molecule has 0 radical (unpaired) electrons. The van der Waals surface area contributed by atoms with Gasteiger partial charge in [-0.1, -0.05) is 33.2 Å². The summed E-state index contributed by atoms with van der Waals surface area (Å²) in [5, 5.41) is 5.33. The Labute approximate surface area is 264 Å². The number of rotatable bonds is 12. The van der Waals surface area contributed by atoms with Crippen LogP contribution in [0.25, 0.3) is 11.3 Å². The molecule has 0 aliphatic carbocycles. The third kappa shape index (κ3) is 6.53. The van der Waals surface area contributed by atoms with Crippen LogP contribution in [-0.4, -0.2) is 75.9 Å². The third-order valence-corrected chi connectivity index (χ3v) is 8.67. The van der Waals surface area contributed by atoms with E-state index >= 15 is 0 Å². The van der Waals surface area contributed by atoms with Gasteiger partial charge in [0.15, 0.2) is 31.1 Å². The van der Waals surface area contributed by atoms with Gasteiger partial charge in [-0.2, -0.15) is 0 Å². The lowest BCUT2D eigenvalue weighted by Crippen LogP contribution is -2.71. The van der Waals surface area contributed by atoms with Gasteiger partial charge in [0, 0.05) is 29.0 Å². The Bertz CT molecular complexity index is 1610. The quantitative estimate of drug-likeness (QED) is 0.0570. The number of β-lactam (4-membered cyclic amide) rings is 1. The van der Waals surface area contributed by atoms with Crippen molar-refractivity contribution in [3.05, 3.63) is 78.2 Å². The zero-order chi connectivity index (χ0) is 31.2. The molecule has 13 nitrogen and oxygen atoms in total. The van der Waals surface area contributed by atoms with Crippen molar-refractivity contribution in [3.8, 4) is 17.1 Å². The number of aromatic nitrogens is 2. The maximum absolute atomic E-state index is 13.6. The molecule has 0 bridgehead atoms. The van der Waals surface area contributed by atoms with Crippen molar-refractivity contribution >= 4 is 57.0 Å². The fourth-order valence-electron chi connectivity index (χ4n) is 4.62. The highest BCUT2D eigenvalue weighted by Gasteiger charge is 2.55. The van der Waals surface area contributed by atoms with E-state index in [2.05, 4.69) is 36.2 Å². The summed E-state index contributed by atoms with van der Waals surface area (Å²) in [6, 6.07) is 9.80. The van der Waals surface area contributed by atoms with Crippen LogP contribution in [0.4, 0.5) is 0 Å². The highest BCUT2D eigenvalue weighted by molar-refractivity contribution is 9.09. The maximum atomic E-state index is 13.6. The Morgan fingerprint density at radius 2 is 1.93 bits per heavy atom. The number of alkyl halides is 1. The number of pyridine rings is 1. The molecule has 1 fully saturated rings. The van der Waals surface area contributed by atoms with E-state index in [0.29, 0.717) is 29.4 Å². The van der Waals surface area contributed by atoms with E-state index in [1.54, 1.807) is 37.6 Å². The number of hydrogen-bond donors (Lipinski definition) is 1. The normalized spacial score (nSPS) is 17.8. The van der Waals surface area contributed by atoms with E-state index in [4.69, 9.17) is 13.9 Å². The standard InChI is InChI=1S/C29H26BrN5O8S/c1-40-20-5-3-17(4-6-20)14-42-29(39)25-19(13-34-9-7-18(8-10-34)22-12-31-16-43-22)15-44-28-24(27(38)35(25)28)32-26(37)23(33-41-2)21(36)11-30/h3-10,12,16,24,28H,11,13-15H2,1-2H3/p+1/t24-,28-/m1/s1. The molecule has 15 heteroatoms. The molecule has 0 unspecified atom stereocenters. The summed E-state index contributed by atoms with van der Waals surface area (Å²) < 4.78 is 18.1. The average molecular weight is 686 g/mol. The fourth-order valence-corrected chi connectivity index (χ4v) is 6.22. The Hall–Kier alpha value is -4.50. The van der Waals surface area contributed by atoms with Crippen LogP contribution in [0.3, 0.4) is 0 Å². The monoisotopic (exact) mass is 684 g/mol. The molecule has 2 atom stereocenters. The number of Topliss-reactive ketones (excluding diaryl/α,β-unsaturated/α-hetero) is 1. The largest absolute Gasteiger partial charge is 0.497 e. The molecule has 2 amide bonds. The fraction of sp³-hybridized carbons (Fsp3) is 0.276. The lowest BCUT2D eigenvalue weighted by Gasteiger charge is -2.49. The van der Waals surface area contributed by atoms with Crippen LogP contribution in [0.2, 0.25) is 0 Å². The summed E-state index contributed by atoms with van der Waals surface area (Å²) in [5.74, 6) is -0.988. The third-order valence-electron chi connectivity index (χ3n) is 6.82. The molecule has 0 saturated carbocycles. The van der Waals surface area contributed by atoms with Gasteiger partial charge in [-0.25, -0.2) is 14.3 Å². The van der Waals surface area contributed by atoms with E-state index < -0.39 is 40.7 Å². The Morgan fingerprint density at radius 3 is 2.57 bits per heavy atom. The Kier molecular flexibility index (Phi) is 9.75. The molecule has 44 heavy (non-hydrogen) atoms. The van der Waals surface area contributed by atoms with Gasteiger partial charge >= 0.3 is 5.97 Å². The first kappa shape index (κ1) is 30.9. The van der Waals surface area contributed by atoms with Crippen LogP contribution in [0.5, 0.6) is 5.75 Å². The molecular weight excluding hydrogens is 658 g/mol. The number of ketones is 1. The second-order valence-corrected chi connectivity index (χ2v) is 11.2. The van der Waals surface area contributed by atoms with Crippen LogP contribution >= 0.6 is 27.7 Å². The predicted octanol–water partition coefficient (Wildman–Crippen LogP) is 2.00. The van der Waals surface area contributed by atoms with Crippen molar-refractivity contribution in [1.82, 2.24) is 15.2 Å². The highest BCUT2D eigenvalue weighted by atomic mass is 79.9. The summed E-state index contributed by atoms with van der Waals surface area (Å²) >= 11 is 4.39. The van der Waals surface area contributed by atoms with Crippen molar-refractivity contribution in [2.24, 2.45) is 5.16 Å². The first-order valence-corrected chi connectivity index (χ1v) is 15.4. The van der Waals surface area contributed by atoms with E-state index in [-0.39, 0.29) is 17.6 Å². The lowest BCUT2D eigenvalue weighted by molar-refractivity contribution is -0.689. The summed E-state index contributed by atoms with van der Waals surface area (Å²) in [6.07, 6.45) is 6.63. The number of methoxy groups -OCH3 is 1. The minimum Gasteiger partial charge on any atom is -0.497 e. The molecule has 0 spiro atoms. The highest BCUT2D eigenvalue weighted by Crippen LogP contribution is 2.41. The molecule has 1 aromatic carbocycles. The molecule has 1 N–H and O–H groups in total. The molecular formula is C29H27BrN5O8S+. The summed E-state index contributed by atoms with van der Waals surface area (Å²) in [5.41, 5.74) is 1.87. The summed E-state index contributed by atoms with van der Waals surface area (Å²) in [7, 11) is 2.77. The van der Waals surface area contributed by atoms with Crippen LogP contribution in [0.15, 0.2) is 82.2 Å². The van der Waals surface area contributed by atoms with E-state index in [9.17, 15) is 19.2 Å². The molecule has 2 aromatic heterocycles. The number of benzene rings is 1. The van der Waals surface area contributed by atoms with Crippen molar-refractivity contribution in [2.45, 2.75) is 24.6 Å². The van der Waals surface area contributed by atoms with Gasteiger partial charge in [-0.05, 0) is 17.7 Å². The molecule has 2 aliphatic heterocycles. The van der Waals surface area contributed by atoms with Gasteiger partial charge in [-0.3, -0.25) is 19.3 Å². The lowest BCUT2D eigenvalue weighted by atomic mass is 10.0. The van der Waals surface area contributed by atoms with Crippen LogP contribution in [0, 0.1) is 0 Å². The molecule has 3 aromatic rings. The second kappa shape index (κ2) is 13.9. The topological polar surface area (TPSA) is 154 Å². The number of hydrogen-bond acceptors (Lipinski definition) is 11. The molecule has 2 aliphatic rings. The minimum absolute atomic E-state index is 0.0237. The molecule has 5 rings (SSSR count). The van der Waals surface area contributed by atoms with Gasteiger partial charge in [0.2, 0.25) is 11.5 Å². The number of halogens is 1. The Balaban J connectivity index is 1.38. The van der Waals surface area contributed by atoms with Gasteiger partial charge in [0.05, 0.1) is 18.6 Å². The second-order valence-electron chi connectivity index (χ2n) is 9.54. The van der Waals surface area contributed by atoms with E-state index in [0.717, 1.165) is 11.1 Å². The molecule has 1 saturated heterocycles. The van der Waals surface area contributed by atoms with Crippen LogP contribution < -0.4 is 14.6 Å². The summed E-state index contributed by atoms with van der Waals surface area (Å²) in [4.78, 5) is 61.9. The number of carbonyl (C=O) groups is 4. The first-order chi connectivity index (χ1) is 21.3. The maximum Gasteiger partial charge on any atom is 0.355 e. The number of ether oxygens (including phenoxy) is 2. The van der Waals surface area contributed by atoms with Crippen molar-refractivity contribution in [3.63, 3.8) is 0 Å². The van der Waals surface area contributed by atoms with Gasteiger partial charge in [-0.15, -0.1) is 11.8 Å². The predicted molar refractivity (Wildman–Crippen MR) is 160 cm³/mol. The smallest absolute Gasteiger partial charge is 0.355 e. The van der Waals surface area contributed by atoms with Crippen molar-refractivity contribution in [2.75, 3.05) is 25.3 Å². The van der Waals surface area contributed by atoms with E-state index in [1.807, 2.05) is 29.1 Å². The number of fused-ring (bicyclic) bond motifs is 1. The van der Waals surface area contributed by atoms with Crippen LogP contribution in [-0.2, 0) is 41.9 Å². The Morgan fingerprint density at radius 1 is 1.18 bits per heavy atom. The molecule has 228 valence electrons. The number of oxime groups is 1. The number of thioether (sulfide) groups is 1. The SMILES string of the molecule is CON=C(C(=O)CBr)C(=O)N[C@@H]1C(=O)N2C(C(=O)OCc3ccc(OC)cc3)=C(C[n+]3ccc(-c4cnco4)cc3)CS[C@H]12. The van der Waals surface area contributed by atoms with Gasteiger partial charge in [0.1, 0.15) is 36.6 Å². The zero-order valence-corrected chi connectivity index (χ0v) is 26.0. The van der Waals surface area contributed by atoms with Gasteiger partial charge in [0.25, 0.3) is 11.8 Å².